The molecule has 11 heavy (non-hydrogen) atoms. The number of nitrogens with one attached hydrogen (secondary N) is 1. The molecule has 0 radical (unpaired) electrons. The molecule has 0 spiro atoms. The van der Waals surface area contributed by atoms with Gasteiger partial charge in [-0.2, -0.15) is 0 Å². The van der Waals surface area contributed by atoms with E-state index in [0.717, 1.165) is 13.1 Å². The van der Waals surface area contributed by atoms with Gasteiger partial charge in [-0.3, -0.25) is 0 Å². The van der Waals surface area contributed by atoms with Crippen molar-refractivity contribution < 1.29 is 14.7 Å². The monoisotopic (exact) mass is 158 g/mol. The fourth-order valence-corrected chi connectivity index (χ4v) is 0.564. The normalized spacial score (nSPS) is 9.55. The molecule has 1 rings (SSSR count). The van der Waals surface area contributed by atoms with E-state index < -0.39 is 17.5 Å². The molecule has 0 saturated carbocycles. The number of aromatic hydroxyl groups is 1. The van der Waals surface area contributed by atoms with Crippen LogP contribution in [0.25, 0.3) is 0 Å². The molecule has 1 aromatic rings. The zero-order chi connectivity index (χ0) is 8.43. The molecule has 2 N–H and O–H groups in total. The molecule has 0 saturated heterocycles. The molecule has 0 amide bonds. The molecule has 0 aromatic carbocycles. The quantitative estimate of drug-likeness (QED) is 0.540. The first-order valence-electron chi connectivity index (χ1n) is 2.79. The van der Waals surface area contributed by atoms with E-state index in [0.29, 0.717) is 4.73 Å². The van der Waals surface area contributed by atoms with Crippen LogP contribution in [0.15, 0.2) is 11.0 Å². The lowest BCUT2D eigenvalue weighted by Gasteiger charge is -1.98. The molecular formula is C5H6N2O4. The third kappa shape index (κ3) is 1.40. The molecular weight excluding hydrogens is 152 g/mol. The van der Waals surface area contributed by atoms with Gasteiger partial charge < -0.3 is 14.9 Å². The Balaban J connectivity index is 3.01. The summed E-state index contributed by atoms with van der Waals surface area (Å²) < 4.78 is 0.461. The van der Waals surface area contributed by atoms with Gasteiger partial charge in [0.2, 0.25) is 5.88 Å². The lowest BCUT2D eigenvalue weighted by atomic mass is 10.8. The topological polar surface area (TPSA) is 84.3 Å². The van der Waals surface area contributed by atoms with Crippen LogP contribution in [-0.2, 0) is 4.79 Å². The second-order valence-corrected chi connectivity index (χ2v) is 1.83. The lowest BCUT2D eigenvalue weighted by Crippen LogP contribution is -2.26. The summed E-state index contributed by atoms with van der Waals surface area (Å²) in [4.78, 5) is 27.4. The number of nitrogens with zero attached hydrogens (tertiary/aromatic N) is 1. The van der Waals surface area contributed by atoms with E-state index in [1.807, 2.05) is 0 Å². The van der Waals surface area contributed by atoms with Crippen LogP contribution in [-0.4, -0.2) is 20.8 Å². The Hall–Kier alpha value is -1.72. The molecule has 1 heterocycles. The summed E-state index contributed by atoms with van der Waals surface area (Å²) in [6, 6.07) is 0. The van der Waals surface area contributed by atoms with Crippen LogP contribution in [0.5, 0.6) is 5.88 Å². The van der Waals surface area contributed by atoms with E-state index in [1.54, 1.807) is 0 Å². The molecule has 6 nitrogen and oxygen atoms in total. The van der Waals surface area contributed by atoms with E-state index in [1.165, 1.54) is 0 Å². The first-order valence-corrected chi connectivity index (χ1v) is 2.79. The highest BCUT2D eigenvalue weighted by Gasteiger charge is 2.06. The van der Waals surface area contributed by atoms with Crippen molar-refractivity contribution in [1.29, 1.82) is 0 Å². The van der Waals surface area contributed by atoms with E-state index in [4.69, 9.17) is 5.11 Å². The number of carbonyl (C=O) groups is 1. The SMILES string of the molecule is CC(=O)On1c(O)c[nH]c1=O. The van der Waals surface area contributed by atoms with Crippen molar-refractivity contribution in [3.05, 3.63) is 16.7 Å². The zero-order valence-corrected chi connectivity index (χ0v) is 5.70. The van der Waals surface area contributed by atoms with Gasteiger partial charge in [-0.05, 0) is 0 Å². The number of imidazole rings is 1. The average Bonchev–Trinajstić information content (AvgIpc) is 2.18. The van der Waals surface area contributed by atoms with Crippen LogP contribution < -0.4 is 10.5 Å². The molecule has 60 valence electrons. The second kappa shape index (κ2) is 2.49. The molecule has 0 aliphatic heterocycles. The third-order valence-corrected chi connectivity index (χ3v) is 0.937. The Bertz CT molecular complexity index is 323. The number of H-pyrrole nitrogens is 1. The summed E-state index contributed by atoms with van der Waals surface area (Å²) in [5, 5.41) is 8.83. The Morgan fingerprint density at radius 1 is 1.82 bits per heavy atom. The summed E-state index contributed by atoms with van der Waals surface area (Å²) in [6.45, 7) is 1.12. The maximum Gasteiger partial charge on any atom is 0.362 e. The van der Waals surface area contributed by atoms with Crippen LogP contribution in [0.1, 0.15) is 6.92 Å². The van der Waals surface area contributed by atoms with Crippen molar-refractivity contribution in [3.8, 4) is 5.88 Å². The summed E-state index contributed by atoms with van der Waals surface area (Å²) >= 11 is 0. The fraction of sp³-hybridized carbons (Fsp3) is 0.200. The first-order chi connectivity index (χ1) is 5.11. The molecule has 0 aliphatic carbocycles. The standard InChI is InChI=1S/C5H6N2O4/c1-3(8)11-7-4(9)2-6-5(7)10/h2,9H,1H3,(H,6,10). The third-order valence-electron chi connectivity index (χ3n) is 0.937. The Morgan fingerprint density at radius 3 is 2.82 bits per heavy atom. The van der Waals surface area contributed by atoms with E-state index in [2.05, 4.69) is 9.82 Å². The minimum atomic E-state index is -0.697. The summed E-state index contributed by atoms with van der Waals surface area (Å²) in [5.41, 5.74) is -0.697. The smallest absolute Gasteiger partial charge is 0.362 e. The number of hydrogen-bond acceptors (Lipinski definition) is 4. The first kappa shape index (κ1) is 7.39. The van der Waals surface area contributed by atoms with Gasteiger partial charge in [-0.15, -0.1) is 0 Å². The largest absolute Gasteiger partial charge is 0.491 e. The molecule has 1 aromatic heterocycles. The van der Waals surface area contributed by atoms with Gasteiger partial charge >= 0.3 is 11.7 Å². The molecule has 0 atom stereocenters. The van der Waals surface area contributed by atoms with E-state index >= 15 is 0 Å². The zero-order valence-electron chi connectivity index (χ0n) is 5.70. The van der Waals surface area contributed by atoms with Gasteiger partial charge in [-0.25, -0.2) is 9.59 Å². The van der Waals surface area contributed by atoms with Gasteiger partial charge in [-0.1, -0.05) is 4.73 Å². The van der Waals surface area contributed by atoms with Gasteiger partial charge in [0.15, 0.2) is 0 Å². The molecule has 0 unspecified atom stereocenters. The van der Waals surface area contributed by atoms with Gasteiger partial charge in [0.1, 0.15) is 0 Å². The molecule has 0 aliphatic rings. The lowest BCUT2D eigenvalue weighted by molar-refractivity contribution is -0.142. The van der Waals surface area contributed by atoms with E-state index in [9.17, 15) is 9.59 Å². The maximum atomic E-state index is 10.6. The number of rotatable bonds is 1. The average molecular weight is 158 g/mol. The van der Waals surface area contributed by atoms with Crippen LogP contribution in [0, 0.1) is 0 Å². The minimum absolute atomic E-state index is 0.440. The van der Waals surface area contributed by atoms with Gasteiger partial charge in [0.25, 0.3) is 0 Å². The van der Waals surface area contributed by atoms with Crippen LogP contribution >= 0.6 is 0 Å². The Kier molecular flexibility index (Phi) is 1.67. The van der Waals surface area contributed by atoms with E-state index in [-0.39, 0.29) is 0 Å². The number of aromatic nitrogens is 2. The number of hydrogen-bond donors (Lipinski definition) is 2. The van der Waals surface area contributed by atoms with Crippen LogP contribution in [0.2, 0.25) is 0 Å². The van der Waals surface area contributed by atoms with Crippen molar-refractivity contribution in [2.24, 2.45) is 0 Å². The van der Waals surface area contributed by atoms with Crippen LogP contribution in [0.4, 0.5) is 0 Å². The summed E-state index contributed by atoms with van der Waals surface area (Å²) in [5.74, 6) is -1.12. The predicted molar refractivity (Wildman–Crippen MR) is 34.0 cm³/mol. The highest BCUT2D eigenvalue weighted by molar-refractivity contribution is 5.66. The molecule has 0 bridgehead atoms. The molecule has 6 heteroatoms. The van der Waals surface area contributed by atoms with Gasteiger partial charge in [0.05, 0.1) is 6.20 Å². The minimum Gasteiger partial charge on any atom is -0.491 e. The van der Waals surface area contributed by atoms with Crippen molar-refractivity contribution >= 4 is 5.97 Å². The van der Waals surface area contributed by atoms with Gasteiger partial charge in [0, 0.05) is 6.92 Å². The number of carbonyl (C=O) groups excluding carboxylic acids is 1. The highest BCUT2D eigenvalue weighted by Crippen LogP contribution is 1.98. The second-order valence-electron chi connectivity index (χ2n) is 1.83. The Labute approximate surface area is 61.0 Å². The van der Waals surface area contributed by atoms with Crippen molar-refractivity contribution in [1.82, 2.24) is 9.71 Å². The van der Waals surface area contributed by atoms with Crippen molar-refractivity contribution in [3.63, 3.8) is 0 Å². The fourth-order valence-electron chi connectivity index (χ4n) is 0.564. The maximum absolute atomic E-state index is 10.6. The number of aromatic amines is 1. The predicted octanol–water partition coefficient (Wildman–Crippen LogP) is -1.14. The van der Waals surface area contributed by atoms with Crippen molar-refractivity contribution in [2.45, 2.75) is 6.92 Å². The summed E-state index contributed by atoms with van der Waals surface area (Å²) in [7, 11) is 0. The van der Waals surface area contributed by atoms with Crippen LogP contribution in [0.3, 0.4) is 0 Å². The highest BCUT2D eigenvalue weighted by atomic mass is 16.7. The van der Waals surface area contributed by atoms with Crippen molar-refractivity contribution in [2.75, 3.05) is 0 Å². The molecule has 0 fully saturated rings. The summed E-state index contributed by atoms with van der Waals surface area (Å²) in [6.07, 6.45) is 1.02. The Morgan fingerprint density at radius 2 is 2.45 bits per heavy atom.